The van der Waals surface area contributed by atoms with Crippen LogP contribution in [0.1, 0.15) is 5.56 Å². The molecule has 8 nitrogen and oxygen atoms in total. The lowest BCUT2D eigenvalue weighted by atomic mass is 10.2. The summed E-state index contributed by atoms with van der Waals surface area (Å²) in [6.07, 6.45) is 1.62. The summed E-state index contributed by atoms with van der Waals surface area (Å²) in [5.41, 5.74) is 0.669. The molecule has 2 aromatic carbocycles. The summed E-state index contributed by atoms with van der Waals surface area (Å²) in [6, 6.07) is 16.7. The smallest absolute Gasteiger partial charge is 0.294 e. The van der Waals surface area contributed by atoms with E-state index in [1.54, 1.807) is 23.1 Å². The Morgan fingerprint density at radius 2 is 1.67 bits per heavy atom. The number of nitrogens with zero attached hydrogens (tertiary/aromatic N) is 2. The van der Waals surface area contributed by atoms with Crippen molar-refractivity contribution in [2.75, 3.05) is 46.1 Å². The molecule has 0 atom stereocenters. The molecule has 0 radical (unpaired) electrons. The van der Waals surface area contributed by atoms with Gasteiger partial charge in [0.15, 0.2) is 0 Å². The van der Waals surface area contributed by atoms with Gasteiger partial charge in [0.2, 0.25) is 5.91 Å². The molecular weight excluding hydrogens is 444 g/mol. The van der Waals surface area contributed by atoms with E-state index in [9.17, 15) is 14.4 Å². The molecule has 172 valence electrons. The Labute approximate surface area is 196 Å². The second-order valence-corrected chi connectivity index (χ2v) is 8.30. The number of para-hydroxylation sites is 2. The van der Waals surface area contributed by atoms with Crippen molar-refractivity contribution < 1.29 is 28.6 Å². The van der Waals surface area contributed by atoms with E-state index in [4.69, 9.17) is 14.2 Å². The number of imide groups is 1. The zero-order valence-electron chi connectivity index (χ0n) is 18.0. The number of carbonyl (C=O) groups is 3. The van der Waals surface area contributed by atoms with Crippen LogP contribution in [0.15, 0.2) is 59.5 Å². The fourth-order valence-corrected chi connectivity index (χ4v) is 4.21. The van der Waals surface area contributed by atoms with Crippen LogP contribution in [0.25, 0.3) is 6.08 Å². The number of thioether (sulfide) groups is 1. The second kappa shape index (κ2) is 11.0. The van der Waals surface area contributed by atoms with E-state index in [2.05, 4.69) is 0 Å². The SMILES string of the molecule is O=C(CN1C(=O)S/C(=C\c2ccccc2OCCOc2ccccc2)C1=O)N1CCOCC1. The first kappa shape index (κ1) is 22.9. The average molecular weight is 469 g/mol. The minimum absolute atomic E-state index is 0.256. The number of morpholine rings is 1. The quantitative estimate of drug-likeness (QED) is 0.435. The third-order valence-corrected chi connectivity index (χ3v) is 6.00. The first-order valence-corrected chi connectivity index (χ1v) is 11.4. The summed E-state index contributed by atoms with van der Waals surface area (Å²) in [4.78, 5) is 40.6. The molecule has 0 aromatic heterocycles. The fraction of sp³-hybridized carbons (Fsp3) is 0.292. The number of hydrogen-bond acceptors (Lipinski definition) is 7. The van der Waals surface area contributed by atoms with Crippen molar-refractivity contribution in [2.45, 2.75) is 0 Å². The van der Waals surface area contributed by atoms with Crippen LogP contribution in [0.5, 0.6) is 11.5 Å². The lowest BCUT2D eigenvalue weighted by Crippen LogP contribution is -2.46. The van der Waals surface area contributed by atoms with Crippen LogP contribution in [0.3, 0.4) is 0 Å². The summed E-state index contributed by atoms with van der Waals surface area (Å²) in [5.74, 6) is 0.595. The molecule has 0 unspecified atom stereocenters. The van der Waals surface area contributed by atoms with Gasteiger partial charge in [-0.15, -0.1) is 0 Å². The van der Waals surface area contributed by atoms with E-state index in [1.807, 2.05) is 42.5 Å². The van der Waals surface area contributed by atoms with Gasteiger partial charge in [0.05, 0.1) is 18.1 Å². The summed E-state index contributed by atoms with van der Waals surface area (Å²) < 4.78 is 16.7. The highest BCUT2D eigenvalue weighted by atomic mass is 32.2. The van der Waals surface area contributed by atoms with E-state index in [0.29, 0.717) is 50.8 Å². The molecule has 0 saturated carbocycles. The van der Waals surface area contributed by atoms with Crippen LogP contribution in [-0.4, -0.2) is 72.9 Å². The van der Waals surface area contributed by atoms with Gasteiger partial charge in [-0.3, -0.25) is 19.3 Å². The molecule has 2 fully saturated rings. The van der Waals surface area contributed by atoms with Crippen LogP contribution >= 0.6 is 11.8 Å². The summed E-state index contributed by atoms with van der Waals surface area (Å²) in [7, 11) is 0. The van der Waals surface area contributed by atoms with Crippen molar-refractivity contribution in [1.82, 2.24) is 9.80 Å². The van der Waals surface area contributed by atoms with Gasteiger partial charge in [0, 0.05) is 18.7 Å². The number of amides is 3. The van der Waals surface area contributed by atoms with Gasteiger partial charge in [-0.1, -0.05) is 36.4 Å². The van der Waals surface area contributed by atoms with Gasteiger partial charge in [-0.2, -0.15) is 0 Å². The molecule has 2 aliphatic rings. The maximum Gasteiger partial charge on any atom is 0.294 e. The number of carbonyl (C=O) groups excluding carboxylic acids is 3. The predicted molar refractivity (Wildman–Crippen MR) is 124 cm³/mol. The summed E-state index contributed by atoms with van der Waals surface area (Å²) in [6.45, 7) is 2.25. The van der Waals surface area contributed by atoms with Gasteiger partial charge in [-0.25, -0.2) is 0 Å². The molecule has 0 spiro atoms. The molecule has 2 heterocycles. The number of hydrogen-bond donors (Lipinski definition) is 0. The van der Waals surface area contributed by atoms with Crippen molar-refractivity contribution >= 4 is 34.9 Å². The van der Waals surface area contributed by atoms with E-state index < -0.39 is 11.1 Å². The molecule has 2 aromatic rings. The number of ether oxygens (including phenoxy) is 3. The third kappa shape index (κ3) is 5.94. The Bertz CT molecular complexity index is 1040. The molecule has 33 heavy (non-hydrogen) atoms. The maximum atomic E-state index is 12.8. The van der Waals surface area contributed by atoms with Crippen LogP contribution in [0, 0.1) is 0 Å². The van der Waals surface area contributed by atoms with Gasteiger partial charge in [-0.05, 0) is 36.0 Å². The standard InChI is InChI=1S/C24H24N2O6S/c27-22(25-10-12-30-13-11-25)17-26-23(28)21(33-24(26)29)16-18-6-4-5-9-20(18)32-15-14-31-19-7-2-1-3-8-19/h1-9,16H,10-15,17H2/b21-16-. The van der Waals surface area contributed by atoms with Gasteiger partial charge in [0.25, 0.3) is 11.1 Å². The number of benzene rings is 2. The Morgan fingerprint density at radius 3 is 2.45 bits per heavy atom. The Balaban J connectivity index is 1.37. The molecule has 0 aliphatic carbocycles. The van der Waals surface area contributed by atoms with Crippen LogP contribution < -0.4 is 9.47 Å². The van der Waals surface area contributed by atoms with E-state index >= 15 is 0 Å². The molecule has 3 amide bonds. The number of rotatable bonds is 8. The first-order valence-electron chi connectivity index (χ1n) is 10.6. The lowest BCUT2D eigenvalue weighted by Gasteiger charge is -2.28. The zero-order valence-corrected chi connectivity index (χ0v) is 18.8. The molecule has 9 heteroatoms. The molecule has 2 saturated heterocycles. The lowest BCUT2D eigenvalue weighted by molar-refractivity contribution is -0.139. The van der Waals surface area contributed by atoms with Crippen molar-refractivity contribution in [3.8, 4) is 11.5 Å². The normalized spacial score (nSPS) is 17.5. The van der Waals surface area contributed by atoms with Crippen LogP contribution in [0.2, 0.25) is 0 Å². The van der Waals surface area contributed by atoms with Crippen LogP contribution in [-0.2, 0) is 14.3 Å². The van der Waals surface area contributed by atoms with Crippen LogP contribution in [0.4, 0.5) is 4.79 Å². The minimum Gasteiger partial charge on any atom is -0.490 e. The van der Waals surface area contributed by atoms with Crippen molar-refractivity contribution in [1.29, 1.82) is 0 Å². The zero-order chi connectivity index (χ0) is 23.0. The van der Waals surface area contributed by atoms with Crippen molar-refractivity contribution in [2.24, 2.45) is 0 Å². The minimum atomic E-state index is -0.478. The highest BCUT2D eigenvalue weighted by molar-refractivity contribution is 8.18. The fourth-order valence-electron chi connectivity index (χ4n) is 3.38. The third-order valence-electron chi connectivity index (χ3n) is 5.09. The van der Waals surface area contributed by atoms with Gasteiger partial charge in [0.1, 0.15) is 31.3 Å². The monoisotopic (exact) mass is 468 g/mol. The Morgan fingerprint density at radius 1 is 0.970 bits per heavy atom. The topological polar surface area (TPSA) is 85.4 Å². The largest absolute Gasteiger partial charge is 0.490 e. The van der Waals surface area contributed by atoms with E-state index in [1.165, 1.54) is 0 Å². The highest BCUT2D eigenvalue weighted by Gasteiger charge is 2.37. The molecule has 0 bridgehead atoms. The van der Waals surface area contributed by atoms with Crippen molar-refractivity contribution in [3.63, 3.8) is 0 Å². The van der Waals surface area contributed by atoms with Gasteiger partial charge < -0.3 is 19.1 Å². The highest BCUT2D eigenvalue weighted by Crippen LogP contribution is 2.34. The molecule has 2 aliphatic heterocycles. The maximum absolute atomic E-state index is 12.8. The van der Waals surface area contributed by atoms with Crippen molar-refractivity contribution in [3.05, 3.63) is 65.1 Å². The second-order valence-electron chi connectivity index (χ2n) is 7.31. The molecule has 4 rings (SSSR count). The molecular formula is C24H24N2O6S. The van der Waals surface area contributed by atoms with E-state index in [0.717, 1.165) is 22.4 Å². The average Bonchev–Trinajstić information content (AvgIpc) is 3.11. The van der Waals surface area contributed by atoms with Gasteiger partial charge >= 0.3 is 0 Å². The summed E-state index contributed by atoms with van der Waals surface area (Å²) >= 11 is 0.822. The van der Waals surface area contributed by atoms with E-state index in [-0.39, 0.29) is 17.4 Å². The Kier molecular flexibility index (Phi) is 7.64. The molecule has 0 N–H and O–H groups in total. The predicted octanol–water partition coefficient (Wildman–Crippen LogP) is 3.04. The first-order chi connectivity index (χ1) is 16.1. The summed E-state index contributed by atoms with van der Waals surface area (Å²) in [5, 5.41) is -0.456. The Hall–Kier alpha value is -3.30.